The van der Waals surface area contributed by atoms with Crippen LogP contribution in [0.1, 0.15) is 187 Å². The second kappa shape index (κ2) is 40.2. The Balaban J connectivity index is 4.43. The van der Waals surface area contributed by atoms with Gasteiger partial charge in [0.2, 0.25) is 5.91 Å². The standard InChI is InChI=1S/C49H91N2O7P/c1-6-8-10-12-14-16-18-20-21-22-23-24-25-26-27-28-29-30-32-34-36-38-40-42-48(53)50-46(45-58-59(55,56)57-44-43-51(3,4)5)49(54)47(52)41-39-37-35-33-31-19-17-15-13-11-9-7-2/h8,10,14,16,20-21,23-24,26-27,46-47,49,52,54H,6-7,9,11-13,15,17-19,22,25,28-45H2,1-5H3,(H-,50,53,55,56)/b10-8-,16-14-,21-20-,24-23-,27-26-. The van der Waals surface area contributed by atoms with Crippen molar-refractivity contribution in [2.45, 2.75) is 205 Å². The SMILES string of the molecule is CC/C=C\C/C=C\C/C=C\C/C=C\C/C=C\CCCCCCCCCC(=O)NC(COP(=O)([O-])OCC[N+](C)(C)C)C(O)C(O)CCCCCCCCCCCCCC. The van der Waals surface area contributed by atoms with E-state index in [2.05, 4.69) is 79.9 Å². The first-order chi connectivity index (χ1) is 28.4. The number of hydrogen-bond donors (Lipinski definition) is 3. The van der Waals surface area contributed by atoms with Crippen molar-refractivity contribution in [3.63, 3.8) is 0 Å². The van der Waals surface area contributed by atoms with E-state index in [1.54, 1.807) is 0 Å². The molecule has 59 heavy (non-hydrogen) atoms. The van der Waals surface area contributed by atoms with Gasteiger partial charge in [0.1, 0.15) is 19.3 Å². The minimum Gasteiger partial charge on any atom is -0.756 e. The molecule has 0 saturated heterocycles. The summed E-state index contributed by atoms with van der Waals surface area (Å²) in [4.78, 5) is 25.4. The molecule has 0 spiro atoms. The van der Waals surface area contributed by atoms with Crippen molar-refractivity contribution >= 4 is 13.7 Å². The molecule has 0 saturated carbocycles. The Morgan fingerprint density at radius 3 is 1.56 bits per heavy atom. The highest BCUT2D eigenvalue weighted by Crippen LogP contribution is 2.38. The van der Waals surface area contributed by atoms with Crippen molar-refractivity contribution in [3.8, 4) is 0 Å². The van der Waals surface area contributed by atoms with E-state index in [1.165, 1.54) is 77.0 Å². The molecule has 0 rings (SSSR count). The fraction of sp³-hybridized carbons (Fsp3) is 0.776. The number of aliphatic hydroxyl groups excluding tert-OH is 2. The molecule has 0 aromatic heterocycles. The molecule has 0 bridgehead atoms. The van der Waals surface area contributed by atoms with E-state index >= 15 is 0 Å². The van der Waals surface area contributed by atoms with Gasteiger partial charge in [0, 0.05) is 6.42 Å². The number of phosphoric ester groups is 1. The molecular formula is C49H91N2O7P. The number of carbonyl (C=O) groups excluding carboxylic acids is 1. The van der Waals surface area contributed by atoms with Crippen molar-refractivity contribution in [1.29, 1.82) is 0 Å². The van der Waals surface area contributed by atoms with E-state index in [-0.39, 0.29) is 18.9 Å². The summed E-state index contributed by atoms with van der Waals surface area (Å²) in [6.45, 7) is 4.30. The van der Waals surface area contributed by atoms with E-state index in [0.717, 1.165) is 77.0 Å². The number of amides is 1. The van der Waals surface area contributed by atoms with Gasteiger partial charge in [0.25, 0.3) is 7.82 Å². The minimum atomic E-state index is -4.67. The van der Waals surface area contributed by atoms with Crippen LogP contribution in [0.5, 0.6) is 0 Å². The Bertz CT molecular complexity index is 1160. The van der Waals surface area contributed by atoms with Gasteiger partial charge in [0.15, 0.2) is 0 Å². The van der Waals surface area contributed by atoms with Crippen molar-refractivity contribution in [2.24, 2.45) is 0 Å². The number of aliphatic hydroxyl groups is 2. The van der Waals surface area contributed by atoms with E-state index in [4.69, 9.17) is 9.05 Å². The molecule has 0 aliphatic heterocycles. The molecule has 0 aromatic carbocycles. The van der Waals surface area contributed by atoms with Crippen LogP contribution in [0.25, 0.3) is 0 Å². The van der Waals surface area contributed by atoms with Crippen molar-refractivity contribution < 1.29 is 38.0 Å². The Labute approximate surface area is 363 Å². The Morgan fingerprint density at radius 1 is 0.627 bits per heavy atom. The maximum atomic E-state index is 12.9. The van der Waals surface area contributed by atoms with Crippen LogP contribution < -0.4 is 10.2 Å². The van der Waals surface area contributed by atoms with Crippen LogP contribution in [-0.2, 0) is 18.4 Å². The molecule has 0 aliphatic rings. The summed E-state index contributed by atoms with van der Waals surface area (Å²) in [6, 6.07) is -1.08. The van der Waals surface area contributed by atoms with Crippen LogP contribution in [0.4, 0.5) is 0 Å². The maximum absolute atomic E-state index is 12.9. The lowest BCUT2D eigenvalue weighted by Gasteiger charge is -2.31. The number of rotatable bonds is 42. The summed E-state index contributed by atoms with van der Waals surface area (Å²) in [6.07, 6.45) is 48.2. The lowest BCUT2D eigenvalue weighted by molar-refractivity contribution is -0.870. The number of carbonyl (C=O) groups is 1. The molecule has 0 aromatic rings. The monoisotopic (exact) mass is 851 g/mol. The number of nitrogens with one attached hydrogen (secondary N) is 1. The van der Waals surface area contributed by atoms with Crippen LogP contribution in [0.3, 0.4) is 0 Å². The van der Waals surface area contributed by atoms with Gasteiger partial charge in [0.05, 0.1) is 39.9 Å². The van der Waals surface area contributed by atoms with Crippen LogP contribution in [0.2, 0.25) is 0 Å². The number of likely N-dealkylation sites (N-methyl/N-ethyl adjacent to an activating group) is 1. The first kappa shape index (κ1) is 57.2. The predicted octanol–water partition coefficient (Wildman–Crippen LogP) is 11.8. The number of unbranched alkanes of at least 4 members (excludes halogenated alkanes) is 18. The van der Waals surface area contributed by atoms with Gasteiger partial charge in [-0.1, -0.05) is 184 Å². The second-order valence-corrected chi connectivity index (χ2v) is 18.6. The molecule has 4 unspecified atom stereocenters. The zero-order valence-corrected chi connectivity index (χ0v) is 39.4. The van der Waals surface area contributed by atoms with Crippen molar-refractivity contribution in [3.05, 3.63) is 60.8 Å². The topological polar surface area (TPSA) is 128 Å². The minimum absolute atomic E-state index is 0.0459. The summed E-state index contributed by atoms with van der Waals surface area (Å²) >= 11 is 0. The highest BCUT2D eigenvalue weighted by molar-refractivity contribution is 7.45. The lowest BCUT2D eigenvalue weighted by Crippen LogP contribution is -2.51. The number of quaternary nitrogens is 1. The first-order valence-corrected chi connectivity index (χ1v) is 25.2. The molecule has 1 amide bonds. The van der Waals surface area contributed by atoms with Gasteiger partial charge < -0.3 is 34.0 Å². The fourth-order valence-corrected chi connectivity index (χ4v) is 7.30. The predicted molar refractivity (Wildman–Crippen MR) is 248 cm³/mol. The zero-order valence-electron chi connectivity index (χ0n) is 38.5. The molecular weight excluding hydrogens is 760 g/mol. The number of nitrogens with zero attached hydrogens (tertiary/aromatic N) is 1. The van der Waals surface area contributed by atoms with Crippen LogP contribution >= 0.6 is 7.82 Å². The van der Waals surface area contributed by atoms with Gasteiger partial charge >= 0.3 is 0 Å². The summed E-state index contributed by atoms with van der Waals surface area (Å²) in [5.74, 6) is -0.293. The largest absolute Gasteiger partial charge is 0.756 e. The molecule has 0 heterocycles. The smallest absolute Gasteiger partial charge is 0.268 e. The molecule has 0 radical (unpaired) electrons. The van der Waals surface area contributed by atoms with E-state index in [0.29, 0.717) is 23.9 Å². The molecule has 4 atom stereocenters. The molecule has 0 aliphatic carbocycles. The average Bonchev–Trinajstić information content (AvgIpc) is 3.19. The highest BCUT2D eigenvalue weighted by Gasteiger charge is 2.29. The van der Waals surface area contributed by atoms with E-state index < -0.39 is 32.7 Å². The molecule has 0 fully saturated rings. The third kappa shape index (κ3) is 41.3. The maximum Gasteiger partial charge on any atom is 0.268 e. The Kier molecular flexibility index (Phi) is 39.0. The molecule has 344 valence electrons. The average molecular weight is 851 g/mol. The third-order valence-electron chi connectivity index (χ3n) is 10.4. The quantitative estimate of drug-likeness (QED) is 0.0241. The van der Waals surface area contributed by atoms with Gasteiger partial charge in [-0.05, 0) is 57.8 Å². The second-order valence-electron chi connectivity index (χ2n) is 17.2. The summed E-state index contributed by atoms with van der Waals surface area (Å²) in [7, 11) is 1.11. The molecule has 3 N–H and O–H groups in total. The summed E-state index contributed by atoms with van der Waals surface area (Å²) in [5, 5.41) is 24.6. The van der Waals surface area contributed by atoms with Crippen LogP contribution in [0.15, 0.2) is 60.8 Å². The Morgan fingerprint density at radius 2 is 1.07 bits per heavy atom. The first-order valence-electron chi connectivity index (χ1n) is 23.7. The normalized spacial score (nSPS) is 15.3. The van der Waals surface area contributed by atoms with Crippen molar-refractivity contribution in [1.82, 2.24) is 5.32 Å². The van der Waals surface area contributed by atoms with E-state index in [1.807, 2.05) is 21.1 Å². The third-order valence-corrected chi connectivity index (χ3v) is 11.3. The zero-order chi connectivity index (χ0) is 43.7. The molecule has 10 heteroatoms. The van der Waals surface area contributed by atoms with Crippen LogP contribution in [0, 0.1) is 0 Å². The lowest BCUT2D eigenvalue weighted by atomic mass is 9.99. The number of hydrogen-bond acceptors (Lipinski definition) is 7. The fourth-order valence-electron chi connectivity index (χ4n) is 6.57. The Hall–Kier alpha value is -1.84. The van der Waals surface area contributed by atoms with Gasteiger partial charge in [-0.3, -0.25) is 9.36 Å². The number of allylic oxidation sites excluding steroid dienone is 10. The number of phosphoric acid groups is 1. The van der Waals surface area contributed by atoms with Crippen LogP contribution in [-0.4, -0.2) is 79.8 Å². The highest BCUT2D eigenvalue weighted by atomic mass is 31.2. The van der Waals surface area contributed by atoms with Gasteiger partial charge in [-0.2, -0.15) is 0 Å². The summed E-state index contributed by atoms with van der Waals surface area (Å²) < 4.78 is 23.2. The van der Waals surface area contributed by atoms with Crippen molar-refractivity contribution in [2.75, 3.05) is 40.9 Å². The molecule has 9 nitrogen and oxygen atoms in total. The van der Waals surface area contributed by atoms with Gasteiger partial charge in [-0.25, -0.2) is 0 Å². The van der Waals surface area contributed by atoms with E-state index in [9.17, 15) is 24.5 Å². The van der Waals surface area contributed by atoms with Gasteiger partial charge in [-0.15, -0.1) is 0 Å². The summed E-state index contributed by atoms with van der Waals surface area (Å²) in [5.41, 5.74) is 0.